The highest BCUT2D eigenvalue weighted by Gasteiger charge is 2.50. The fraction of sp³-hybridized carbons (Fsp3) is 0.607. The largest absolute Gasteiger partial charge is 0.445 e. The van der Waals surface area contributed by atoms with Crippen LogP contribution in [0.1, 0.15) is 65.2 Å². The average molecular weight is 437 g/mol. The van der Waals surface area contributed by atoms with Crippen LogP contribution in [0.5, 0.6) is 0 Å². The molecule has 1 aliphatic heterocycles. The van der Waals surface area contributed by atoms with Crippen LogP contribution in [0.4, 0.5) is 0 Å². The van der Waals surface area contributed by atoms with Crippen molar-refractivity contribution in [1.82, 2.24) is 0 Å². The number of rotatable bonds is 2. The number of ether oxygens (including phenoxy) is 1. The van der Waals surface area contributed by atoms with Crippen LogP contribution >= 0.6 is 0 Å². The third-order valence-electron chi connectivity index (χ3n) is 8.35. The van der Waals surface area contributed by atoms with E-state index in [1.165, 1.54) is 24.8 Å². The summed E-state index contributed by atoms with van der Waals surface area (Å²) in [5.74, 6) is 7.59. The molecule has 4 rings (SSSR count). The minimum absolute atomic E-state index is 0.217. The average Bonchev–Trinajstić information content (AvgIpc) is 3.26. The highest BCUT2D eigenvalue weighted by Crippen LogP contribution is 2.59. The van der Waals surface area contributed by atoms with Crippen LogP contribution in [-0.4, -0.2) is 34.5 Å². The summed E-state index contributed by atoms with van der Waals surface area (Å²) in [4.78, 5) is 11.6. The van der Waals surface area contributed by atoms with Gasteiger partial charge in [0.2, 0.25) is 0 Å². The lowest BCUT2D eigenvalue weighted by molar-refractivity contribution is -0.136. The maximum absolute atomic E-state index is 11.6. The topological polar surface area (TPSA) is 66.8 Å². The first kappa shape index (κ1) is 23.1. The lowest BCUT2D eigenvalue weighted by atomic mass is 9.61. The summed E-state index contributed by atoms with van der Waals surface area (Å²) in [6.07, 6.45) is 10.1. The number of fused-ring (bicyclic) bond motifs is 1. The van der Waals surface area contributed by atoms with Gasteiger partial charge in [-0.2, -0.15) is 0 Å². The van der Waals surface area contributed by atoms with Crippen LogP contribution in [-0.2, 0) is 9.53 Å². The molecule has 0 amide bonds. The Balaban J connectivity index is 1.49. The van der Waals surface area contributed by atoms with E-state index in [0.29, 0.717) is 36.7 Å². The Morgan fingerprint density at radius 2 is 2.00 bits per heavy atom. The first-order valence-electron chi connectivity index (χ1n) is 12.0. The van der Waals surface area contributed by atoms with Gasteiger partial charge in [0.15, 0.2) is 6.10 Å². The smallest absolute Gasteiger partial charge is 0.334 e. The van der Waals surface area contributed by atoms with E-state index in [9.17, 15) is 15.0 Å². The van der Waals surface area contributed by atoms with Crippen molar-refractivity contribution >= 4 is 5.97 Å². The van der Waals surface area contributed by atoms with Gasteiger partial charge in [-0.3, -0.25) is 0 Å². The lowest BCUT2D eigenvalue weighted by Gasteiger charge is -2.43. The van der Waals surface area contributed by atoms with Gasteiger partial charge in [0.1, 0.15) is 0 Å². The molecule has 1 heterocycles. The third-order valence-corrected chi connectivity index (χ3v) is 8.35. The van der Waals surface area contributed by atoms with E-state index < -0.39 is 12.2 Å². The number of allylic oxidation sites excluding steroid dienone is 3. The van der Waals surface area contributed by atoms with Gasteiger partial charge in [0, 0.05) is 24.3 Å². The second-order valence-electron chi connectivity index (χ2n) is 10.4. The highest BCUT2D eigenvalue weighted by molar-refractivity contribution is 5.90. The standard InChI is InChI=1S/C28H36O4/c1-17(7-10-23-14-18(2)27(31)32-23)24-11-12-25-20(6-5-13-28(24,25)4)8-9-21-15-22(29)16-26(30)19(21)3/h8-9,17,22-26,29-30H,2-3,5-6,11-16H2,1,4H3/t17-,22-,23?,24-,25+,26+,28-/m1/s1. The summed E-state index contributed by atoms with van der Waals surface area (Å²) in [7, 11) is 0. The summed E-state index contributed by atoms with van der Waals surface area (Å²) >= 11 is 0. The van der Waals surface area contributed by atoms with E-state index >= 15 is 0 Å². The molecule has 0 bridgehead atoms. The van der Waals surface area contributed by atoms with Gasteiger partial charge in [-0.1, -0.05) is 56.6 Å². The van der Waals surface area contributed by atoms with Gasteiger partial charge in [0.05, 0.1) is 12.2 Å². The van der Waals surface area contributed by atoms with Crippen LogP contribution in [0.3, 0.4) is 0 Å². The normalized spacial score (nSPS) is 40.8. The monoisotopic (exact) mass is 436 g/mol. The van der Waals surface area contributed by atoms with Gasteiger partial charge in [0.25, 0.3) is 0 Å². The Morgan fingerprint density at radius 1 is 1.22 bits per heavy atom. The molecule has 0 aromatic rings. The van der Waals surface area contributed by atoms with Crippen molar-refractivity contribution in [1.29, 1.82) is 0 Å². The van der Waals surface area contributed by atoms with E-state index in [2.05, 4.69) is 51.0 Å². The molecule has 4 heteroatoms. The van der Waals surface area contributed by atoms with Gasteiger partial charge in [-0.15, -0.1) is 0 Å². The van der Waals surface area contributed by atoms with Crippen molar-refractivity contribution in [2.45, 2.75) is 83.5 Å². The Kier molecular flexibility index (Phi) is 6.52. The molecule has 1 saturated heterocycles. The number of carbonyl (C=O) groups is 1. The van der Waals surface area contributed by atoms with Crippen molar-refractivity contribution in [3.63, 3.8) is 0 Å². The molecule has 7 atom stereocenters. The zero-order valence-electron chi connectivity index (χ0n) is 19.4. The Labute approximate surface area is 192 Å². The van der Waals surface area contributed by atoms with Crippen molar-refractivity contribution in [2.75, 3.05) is 0 Å². The molecule has 0 spiro atoms. The van der Waals surface area contributed by atoms with Gasteiger partial charge in [-0.25, -0.2) is 4.79 Å². The quantitative estimate of drug-likeness (QED) is 0.376. The van der Waals surface area contributed by atoms with Gasteiger partial charge in [-0.05, 0) is 66.9 Å². The van der Waals surface area contributed by atoms with E-state index in [0.717, 1.165) is 24.0 Å². The molecule has 4 fully saturated rings. The minimum atomic E-state index is -0.647. The number of cyclic esters (lactones) is 1. The Hall–Kier alpha value is -2.09. The summed E-state index contributed by atoms with van der Waals surface area (Å²) in [6.45, 7) is 12.4. The number of hydrogen-bond donors (Lipinski definition) is 2. The molecule has 4 nitrogen and oxygen atoms in total. The predicted octanol–water partition coefficient (Wildman–Crippen LogP) is 4.64. The van der Waals surface area contributed by atoms with E-state index in [1.54, 1.807) is 0 Å². The van der Waals surface area contributed by atoms with Crippen molar-refractivity contribution in [2.24, 2.45) is 23.2 Å². The van der Waals surface area contributed by atoms with E-state index in [4.69, 9.17) is 4.74 Å². The zero-order valence-corrected chi connectivity index (χ0v) is 19.4. The summed E-state index contributed by atoms with van der Waals surface area (Å²) in [6, 6.07) is 0. The second kappa shape index (κ2) is 9.04. The van der Waals surface area contributed by atoms with Gasteiger partial charge < -0.3 is 14.9 Å². The molecule has 0 radical (unpaired) electrons. The second-order valence-corrected chi connectivity index (χ2v) is 10.4. The maximum atomic E-state index is 11.6. The molecule has 3 saturated carbocycles. The van der Waals surface area contributed by atoms with Crippen LogP contribution in [0, 0.1) is 35.0 Å². The molecule has 1 unspecified atom stereocenters. The van der Waals surface area contributed by atoms with Crippen LogP contribution in [0.2, 0.25) is 0 Å². The number of carbonyl (C=O) groups excluding carboxylic acids is 1. The summed E-state index contributed by atoms with van der Waals surface area (Å²) in [5.41, 5.74) is 3.93. The molecule has 32 heavy (non-hydrogen) atoms. The SMILES string of the molecule is C=C1CC(C#C[C@@H](C)[C@H]2CC[C@H]3C(=CC=C4C[C@@H](O)C[C@H](O)C4=C)CCC[C@]23C)OC1=O. The highest BCUT2D eigenvalue weighted by atomic mass is 16.5. The number of hydrogen-bond acceptors (Lipinski definition) is 4. The van der Waals surface area contributed by atoms with Crippen molar-refractivity contribution in [3.8, 4) is 11.8 Å². The molecule has 172 valence electrons. The number of esters is 1. The molecule has 2 N–H and O–H groups in total. The zero-order chi connectivity index (χ0) is 23.0. The Morgan fingerprint density at radius 3 is 2.72 bits per heavy atom. The first-order chi connectivity index (χ1) is 15.2. The summed E-state index contributed by atoms with van der Waals surface area (Å²) in [5, 5.41) is 20.2. The molecule has 0 aromatic heterocycles. The fourth-order valence-electron chi connectivity index (χ4n) is 6.53. The number of aliphatic hydroxyl groups is 2. The van der Waals surface area contributed by atoms with Crippen LogP contribution < -0.4 is 0 Å². The molecular formula is C28H36O4. The lowest BCUT2D eigenvalue weighted by Crippen LogP contribution is -2.35. The maximum Gasteiger partial charge on any atom is 0.334 e. The summed E-state index contributed by atoms with van der Waals surface area (Å²) < 4.78 is 5.28. The van der Waals surface area contributed by atoms with E-state index in [-0.39, 0.29) is 23.4 Å². The predicted molar refractivity (Wildman–Crippen MR) is 125 cm³/mol. The molecule has 3 aliphatic carbocycles. The van der Waals surface area contributed by atoms with Crippen LogP contribution in [0.25, 0.3) is 0 Å². The molecule has 4 aliphatic rings. The van der Waals surface area contributed by atoms with Crippen molar-refractivity contribution < 1.29 is 19.7 Å². The third kappa shape index (κ3) is 4.38. The molecular weight excluding hydrogens is 400 g/mol. The van der Waals surface area contributed by atoms with Crippen molar-refractivity contribution in [3.05, 3.63) is 47.6 Å². The van der Waals surface area contributed by atoms with Gasteiger partial charge >= 0.3 is 5.97 Å². The molecule has 0 aromatic carbocycles. The number of aliphatic hydroxyl groups excluding tert-OH is 2. The first-order valence-corrected chi connectivity index (χ1v) is 12.0. The van der Waals surface area contributed by atoms with Crippen LogP contribution in [0.15, 0.2) is 47.6 Å². The Bertz CT molecular complexity index is 913. The fourth-order valence-corrected chi connectivity index (χ4v) is 6.53. The minimum Gasteiger partial charge on any atom is -0.445 e. The van der Waals surface area contributed by atoms with E-state index in [1.807, 2.05) is 0 Å².